The summed E-state index contributed by atoms with van der Waals surface area (Å²) >= 11 is 0. The lowest BCUT2D eigenvalue weighted by Crippen LogP contribution is -2.11. The molecule has 3 heterocycles. The lowest BCUT2D eigenvalue weighted by Gasteiger charge is -2.19. The van der Waals surface area contributed by atoms with Crippen LogP contribution in [-0.4, -0.2) is 24.1 Å². The number of hydrogen-bond acceptors (Lipinski definition) is 3. The van der Waals surface area contributed by atoms with Gasteiger partial charge in [0.25, 0.3) is 0 Å². The monoisotopic (exact) mass is 751 g/mol. The van der Waals surface area contributed by atoms with Crippen molar-refractivity contribution < 1.29 is 0 Å². The SMILES string of the molecule is CC(C)(C)c1ccc2c(c1)c1ccc3c4cc(C(C)(C)C)ccc4n(-c4nc(-c5ccccc5)nc(-c5cccc(-c6ccccc6)c5)n4)c3c1n2-c1ccccc1. The molecule has 10 rings (SSSR count). The number of benzene rings is 7. The molecule has 0 unspecified atom stereocenters. The summed E-state index contributed by atoms with van der Waals surface area (Å²) in [5.74, 6) is 1.82. The van der Waals surface area contributed by atoms with Gasteiger partial charge in [0.2, 0.25) is 5.95 Å². The number of rotatable bonds is 5. The Morgan fingerprint density at radius 3 is 1.40 bits per heavy atom. The summed E-state index contributed by atoms with van der Waals surface area (Å²) in [5, 5.41) is 4.72. The number of fused-ring (bicyclic) bond motifs is 7. The van der Waals surface area contributed by atoms with E-state index >= 15 is 0 Å². The van der Waals surface area contributed by atoms with Gasteiger partial charge >= 0.3 is 0 Å². The molecular formula is C53H45N5. The third kappa shape index (κ3) is 5.97. The Kier molecular flexibility index (Phi) is 8.20. The predicted octanol–water partition coefficient (Wildman–Crippen LogP) is 13.7. The molecule has 0 fully saturated rings. The fraction of sp³-hybridized carbons (Fsp3) is 0.151. The molecule has 282 valence electrons. The van der Waals surface area contributed by atoms with Gasteiger partial charge in [0.1, 0.15) is 0 Å². The molecule has 0 aliphatic rings. The lowest BCUT2D eigenvalue weighted by molar-refractivity contribution is 0.591. The Morgan fingerprint density at radius 1 is 0.362 bits per heavy atom. The molecule has 0 saturated carbocycles. The molecule has 0 radical (unpaired) electrons. The number of para-hydroxylation sites is 1. The average molecular weight is 752 g/mol. The molecule has 0 atom stereocenters. The van der Waals surface area contributed by atoms with Crippen LogP contribution in [0.1, 0.15) is 52.7 Å². The second-order valence-electron chi connectivity index (χ2n) is 17.4. The molecule has 3 aromatic heterocycles. The zero-order valence-electron chi connectivity index (χ0n) is 33.8. The first-order valence-electron chi connectivity index (χ1n) is 20.1. The molecule has 0 spiro atoms. The van der Waals surface area contributed by atoms with E-state index in [9.17, 15) is 0 Å². The highest BCUT2D eigenvalue weighted by molar-refractivity contribution is 6.24. The van der Waals surface area contributed by atoms with Gasteiger partial charge in [-0.1, -0.05) is 163 Å². The summed E-state index contributed by atoms with van der Waals surface area (Å²) in [5.41, 5.74) is 12.1. The second-order valence-corrected chi connectivity index (χ2v) is 17.4. The molecular weight excluding hydrogens is 707 g/mol. The van der Waals surface area contributed by atoms with E-state index in [-0.39, 0.29) is 10.8 Å². The Morgan fingerprint density at radius 2 is 0.828 bits per heavy atom. The number of nitrogens with zero attached hydrogens (tertiary/aromatic N) is 5. The fourth-order valence-corrected chi connectivity index (χ4v) is 8.37. The van der Waals surface area contributed by atoms with Crippen LogP contribution in [0.4, 0.5) is 0 Å². The first kappa shape index (κ1) is 35.6. The van der Waals surface area contributed by atoms with Crippen LogP contribution in [0.2, 0.25) is 0 Å². The third-order valence-electron chi connectivity index (χ3n) is 11.5. The summed E-state index contributed by atoms with van der Waals surface area (Å²) in [6, 6.07) is 58.5. The van der Waals surface area contributed by atoms with Gasteiger partial charge in [-0.3, -0.25) is 4.57 Å². The third-order valence-corrected chi connectivity index (χ3v) is 11.5. The van der Waals surface area contributed by atoms with Gasteiger partial charge in [-0.15, -0.1) is 0 Å². The smallest absolute Gasteiger partial charge is 0.238 e. The topological polar surface area (TPSA) is 48.5 Å². The Balaban J connectivity index is 1.36. The van der Waals surface area contributed by atoms with Gasteiger partial charge in [-0.2, -0.15) is 9.97 Å². The van der Waals surface area contributed by atoms with Crippen LogP contribution in [0.3, 0.4) is 0 Å². The summed E-state index contributed by atoms with van der Waals surface area (Å²) in [6.07, 6.45) is 0. The van der Waals surface area contributed by atoms with Gasteiger partial charge in [0, 0.05) is 38.4 Å². The van der Waals surface area contributed by atoms with Crippen LogP contribution in [0.25, 0.3) is 89.2 Å². The Labute approximate surface area is 339 Å². The summed E-state index contributed by atoms with van der Waals surface area (Å²) in [6.45, 7) is 13.7. The molecule has 7 aromatic carbocycles. The van der Waals surface area contributed by atoms with Gasteiger partial charge in [0.15, 0.2) is 11.6 Å². The molecule has 0 aliphatic carbocycles. The predicted molar refractivity (Wildman–Crippen MR) is 242 cm³/mol. The average Bonchev–Trinajstić information content (AvgIpc) is 3.76. The van der Waals surface area contributed by atoms with Crippen molar-refractivity contribution in [3.8, 4) is 45.5 Å². The molecule has 10 aromatic rings. The first-order chi connectivity index (χ1) is 28.0. The quantitative estimate of drug-likeness (QED) is 0.176. The molecule has 5 nitrogen and oxygen atoms in total. The van der Waals surface area contributed by atoms with Crippen molar-refractivity contribution in [2.45, 2.75) is 52.4 Å². The van der Waals surface area contributed by atoms with E-state index < -0.39 is 0 Å². The summed E-state index contributed by atoms with van der Waals surface area (Å²) < 4.78 is 4.73. The minimum atomic E-state index is -0.0421. The van der Waals surface area contributed by atoms with E-state index in [0.29, 0.717) is 17.6 Å². The van der Waals surface area contributed by atoms with E-state index in [1.54, 1.807) is 0 Å². The highest BCUT2D eigenvalue weighted by Crippen LogP contribution is 2.43. The van der Waals surface area contributed by atoms with E-state index in [4.69, 9.17) is 15.0 Å². The van der Waals surface area contributed by atoms with Crippen LogP contribution in [-0.2, 0) is 10.8 Å². The fourth-order valence-electron chi connectivity index (χ4n) is 8.37. The Hall–Kier alpha value is -6.85. The maximum Gasteiger partial charge on any atom is 0.238 e. The van der Waals surface area contributed by atoms with Crippen LogP contribution in [0.5, 0.6) is 0 Å². The van der Waals surface area contributed by atoms with E-state index in [1.807, 2.05) is 24.3 Å². The number of aromatic nitrogens is 5. The second kappa shape index (κ2) is 13.4. The van der Waals surface area contributed by atoms with Crippen molar-refractivity contribution in [1.29, 1.82) is 0 Å². The van der Waals surface area contributed by atoms with Crippen molar-refractivity contribution in [2.24, 2.45) is 0 Å². The van der Waals surface area contributed by atoms with Crippen LogP contribution in [0, 0.1) is 0 Å². The zero-order chi connectivity index (χ0) is 39.8. The van der Waals surface area contributed by atoms with Crippen molar-refractivity contribution >= 4 is 43.6 Å². The molecule has 5 heteroatoms. The molecule has 58 heavy (non-hydrogen) atoms. The summed E-state index contributed by atoms with van der Waals surface area (Å²) in [7, 11) is 0. The minimum Gasteiger partial charge on any atom is -0.307 e. The first-order valence-corrected chi connectivity index (χ1v) is 20.1. The van der Waals surface area contributed by atoms with Gasteiger partial charge in [-0.25, -0.2) is 4.98 Å². The molecule has 0 amide bonds. The molecule has 0 aliphatic heterocycles. The van der Waals surface area contributed by atoms with Crippen molar-refractivity contribution in [2.75, 3.05) is 0 Å². The van der Waals surface area contributed by atoms with Gasteiger partial charge < -0.3 is 4.57 Å². The minimum absolute atomic E-state index is 0.00928. The van der Waals surface area contributed by atoms with Crippen molar-refractivity contribution in [1.82, 2.24) is 24.1 Å². The van der Waals surface area contributed by atoms with Crippen LogP contribution in [0.15, 0.2) is 164 Å². The van der Waals surface area contributed by atoms with E-state index in [0.717, 1.165) is 55.4 Å². The maximum atomic E-state index is 5.42. The van der Waals surface area contributed by atoms with Crippen molar-refractivity contribution in [3.05, 3.63) is 175 Å². The number of hydrogen-bond donors (Lipinski definition) is 0. The standard InChI is InChI=1S/C53H45N5/c1-52(2,3)38-25-29-45-43(32-38)41-27-28-42-44-33-39(53(4,5)6)26-30-46(44)58(48(42)47(41)57(45)40-23-14-9-15-24-40)51-55-49(35-19-12-8-13-20-35)54-50(56-51)37-22-16-21-36(31-37)34-17-10-7-11-18-34/h7-33H,1-6H3. The molecule has 0 saturated heterocycles. The zero-order valence-corrected chi connectivity index (χ0v) is 33.8. The van der Waals surface area contributed by atoms with E-state index in [2.05, 4.69) is 190 Å². The lowest BCUT2D eigenvalue weighted by atomic mass is 9.86. The molecule has 0 bridgehead atoms. The van der Waals surface area contributed by atoms with Crippen LogP contribution >= 0.6 is 0 Å². The normalized spacial score (nSPS) is 12.3. The van der Waals surface area contributed by atoms with Crippen LogP contribution < -0.4 is 0 Å². The van der Waals surface area contributed by atoms with Gasteiger partial charge in [0.05, 0.1) is 22.1 Å². The molecule has 0 N–H and O–H groups in total. The highest BCUT2D eigenvalue weighted by Gasteiger charge is 2.26. The summed E-state index contributed by atoms with van der Waals surface area (Å²) in [4.78, 5) is 16.0. The van der Waals surface area contributed by atoms with Gasteiger partial charge in [-0.05, 0) is 75.5 Å². The van der Waals surface area contributed by atoms with E-state index in [1.165, 1.54) is 27.3 Å². The Bertz CT molecular complexity index is 3160. The van der Waals surface area contributed by atoms with Crippen molar-refractivity contribution in [3.63, 3.8) is 0 Å². The largest absolute Gasteiger partial charge is 0.307 e. The highest BCUT2D eigenvalue weighted by atomic mass is 15.2. The maximum absolute atomic E-state index is 5.42.